The molecule has 0 bridgehead atoms. The fraction of sp³-hybridized carbons (Fsp3) is 0.150. The molecule has 0 N–H and O–H groups in total. The molecule has 0 spiro atoms. The predicted molar refractivity (Wildman–Crippen MR) is 102 cm³/mol. The van der Waals surface area contributed by atoms with Crippen molar-refractivity contribution in [2.45, 2.75) is 20.5 Å². The van der Waals surface area contributed by atoms with Crippen LogP contribution in [0.2, 0.25) is 5.02 Å². The van der Waals surface area contributed by atoms with Crippen molar-refractivity contribution in [1.82, 2.24) is 0 Å². The largest absolute Gasteiger partial charge is 0.484 e. The number of carbonyl (C=O) groups excluding carboxylic acids is 1. The van der Waals surface area contributed by atoms with Gasteiger partial charge in [0, 0.05) is 15.3 Å². The van der Waals surface area contributed by atoms with E-state index >= 15 is 0 Å². The highest BCUT2D eigenvalue weighted by Crippen LogP contribution is 2.25. The van der Waals surface area contributed by atoms with Gasteiger partial charge in [0.25, 0.3) is 0 Å². The first kappa shape index (κ1) is 17.5. The number of benzene rings is 1. The van der Waals surface area contributed by atoms with Gasteiger partial charge in [-0.1, -0.05) is 23.7 Å². The molecule has 0 aliphatic heterocycles. The second kappa shape index (κ2) is 7.72. The van der Waals surface area contributed by atoms with Gasteiger partial charge in [-0.3, -0.25) is 4.79 Å². The van der Waals surface area contributed by atoms with E-state index in [4.69, 9.17) is 20.8 Å². The van der Waals surface area contributed by atoms with Gasteiger partial charge in [0.15, 0.2) is 5.78 Å². The molecule has 2 aromatic heterocycles. The molecule has 0 unspecified atom stereocenters. The number of aryl methyl sites for hydroxylation is 2. The number of hydrogen-bond donors (Lipinski definition) is 0. The molecule has 0 amide bonds. The van der Waals surface area contributed by atoms with E-state index in [1.165, 1.54) is 6.08 Å². The smallest absolute Gasteiger partial charge is 0.187 e. The van der Waals surface area contributed by atoms with Crippen LogP contribution in [-0.2, 0) is 6.61 Å². The van der Waals surface area contributed by atoms with Gasteiger partial charge in [-0.2, -0.15) is 0 Å². The van der Waals surface area contributed by atoms with E-state index in [1.807, 2.05) is 38.1 Å². The molecule has 1 aromatic carbocycles. The van der Waals surface area contributed by atoms with E-state index in [9.17, 15) is 4.79 Å². The van der Waals surface area contributed by atoms with Gasteiger partial charge in [0.2, 0.25) is 0 Å². The Labute approximate surface area is 155 Å². The Hall–Kier alpha value is -2.30. The molecule has 3 rings (SSSR count). The topological polar surface area (TPSA) is 39.4 Å². The van der Waals surface area contributed by atoms with Gasteiger partial charge in [-0.05, 0) is 56.3 Å². The van der Waals surface area contributed by atoms with Gasteiger partial charge in [-0.25, -0.2) is 0 Å². The number of thiophene rings is 1. The molecule has 0 aliphatic rings. The van der Waals surface area contributed by atoms with E-state index in [2.05, 4.69) is 0 Å². The van der Waals surface area contributed by atoms with Crippen LogP contribution in [0.1, 0.15) is 31.6 Å². The third kappa shape index (κ3) is 4.41. The second-order valence-corrected chi connectivity index (χ2v) is 7.42. The molecule has 0 atom stereocenters. The molecule has 0 saturated heterocycles. The minimum Gasteiger partial charge on any atom is -0.484 e. The summed E-state index contributed by atoms with van der Waals surface area (Å²) in [7, 11) is 0. The van der Waals surface area contributed by atoms with Crippen molar-refractivity contribution in [3.63, 3.8) is 0 Å². The lowest BCUT2D eigenvalue weighted by Crippen LogP contribution is -1.94. The van der Waals surface area contributed by atoms with E-state index in [-0.39, 0.29) is 12.4 Å². The Morgan fingerprint density at radius 2 is 2.04 bits per heavy atom. The number of ether oxygens (including phenoxy) is 1. The van der Waals surface area contributed by atoms with Crippen LogP contribution < -0.4 is 4.74 Å². The maximum absolute atomic E-state index is 12.2. The predicted octanol–water partition coefficient (Wildman–Crippen LogP) is 6.09. The Morgan fingerprint density at radius 1 is 1.24 bits per heavy atom. The summed E-state index contributed by atoms with van der Waals surface area (Å²) in [5, 5.41) is 0.557. The summed E-state index contributed by atoms with van der Waals surface area (Å²) in [6, 6.07) is 12.8. The summed E-state index contributed by atoms with van der Waals surface area (Å²) < 4.78 is 11.3. The lowest BCUT2D eigenvalue weighted by molar-refractivity contribution is 0.104. The molecule has 25 heavy (non-hydrogen) atoms. The summed E-state index contributed by atoms with van der Waals surface area (Å²) in [6.45, 7) is 4.22. The van der Waals surface area contributed by atoms with Crippen LogP contribution in [0.15, 0.2) is 53.0 Å². The van der Waals surface area contributed by atoms with Crippen molar-refractivity contribution in [2.75, 3.05) is 0 Å². The third-order valence-electron chi connectivity index (χ3n) is 3.59. The van der Waals surface area contributed by atoms with Gasteiger partial charge in [0.1, 0.15) is 23.9 Å². The number of allylic oxidation sites excluding steroid dienone is 1. The highest BCUT2D eigenvalue weighted by atomic mass is 35.5. The number of carbonyl (C=O) groups is 1. The number of halogens is 1. The molecule has 3 aromatic rings. The van der Waals surface area contributed by atoms with Crippen LogP contribution in [0.25, 0.3) is 6.08 Å². The molecular weight excluding hydrogens is 356 g/mol. The number of para-hydroxylation sites is 1. The molecule has 0 radical (unpaired) electrons. The summed E-state index contributed by atoms with van der Waals surface area (Å²) in [4.78, 5) is 14.4. The molecular formula is C20H17ClO3S. The van der Waals surface area contributed by atoms with Crippen LogP contribution in [0, 0.1) is 13.8 Å². The lowest BCUT2D eigenvalue weighted by Gasteiger charge is -2.05. The Bertz CT molecular complexity index is 921. The normalized spacial score (nSPS) is 11.2. The number of ketones is 1. The van der Waals surface area contributed by atoms with Crippen molar-refractivity contribution in [3.05, 3.63) is 80.4 Å². The molecule has 0 fully saturated rings. The first-order chi connectivity index (χ1) is 12.0. The summed E-state index contributed by atoms with van der Waals surface area (Å²) in [6.07, 6.45) is 3.21. The molecule has 5 heteroatoms. The Kier molecular flexibility index (Phi) is 5.41. The lowest BCUT2D eigenvalue weighted by atomic mass is 10.1. The van der Waals surface area contributed by atoms with Crippen molar-refractivity contribution in [2.24, 2.45) is 0 Å². The average Bonchev–Trinajstić information content (AvgIpc) is 3.18. The number of rotatable bonds is 6. The fourth-order valence-electron chi connectivity index (χ4n) is 2.40. The minimum absolute atomic E-state index is 0.0212. The number of furan rings is 1. The summed E-state index contributed by atoms with van der Waals surface area (Å²) in [5.74, 6) is 1.86. The van der Waals surface area contributed by atoms with Crippen LogP contribution in [0.5, 0.6) is 5.75 Å². The maximum Gasteiger partial charge on any atom is 0.187 e. The van der Waals surface area contributed by atoms with Gasteiger partial charge >= 0.3 is 0 Å². The summed E-state index contributed by atoms with van der Waals surface area (Å²) >= 11 is 7.67. The zero-order valence-electron chi connectivity index (χ0n) is 13.9. The van der Waals surface area contributed by atoms with E-state index < -0.39 is 0 Å². The third-order valence-corrected chi connectivity index (χ3v) is 4.87. The zero-order valence-corrected chi connectivity index (χ0v) is 15.5. The molecule has 0 saturated carbocycles. The van der Waals surface area contributed by atoms with Crippen molar-refractivity contribution in [1.29, 1.82) is 0 Å². The van der Waals surface area contributed by atoms with Crippen molar-refractivity contribution < 1.29 is 13.9 Å². The van der Waals surface area contributed by atoms with E-state index in [1.54, 1.807) is 35.6 Å². The van der Waals surface area contributed by atoms with E-state index in [0.29, 0.717) is 22.3 Å². The molecule has 128 valence electrons. The standard InChI is InChI=1S/C20H17ClO3S/c1-13-11-17(14(2)25-13)19(22)10-9-15-7-8-16(24-15)12-23-20-6-4-3-5-18(20)21/h3-11H,12H2,1-2H3/b10-9+. The van der Waals surface area contributed by atoms with E-state index in [0.717, 1.165) is 15.3 Å². The van der Waals surface area contributed by atoms with Crippen molar-refractivity contribution >= 4 is 34.8 Å². The van der Waals surface area contributed by atoms with Crippen LogP contribution in [0.4, 0.5) is 0 Å². The fourth-order valence-corrected chi connectivity index (χ4v) is 3.51. The quantitative estimate of drug-likeness (QED) is 0.388. The van der Waals surface area contributed by atoms with Gasteiger partial charge in [0.05, 0.1) is 5.02 Å². The molecule has 3 nitrogen and oxygen atoms in total. The Balaban J connectivity index is 1.62. The minimum atomic E-state index is -0.0212. The average molecular weight is 373 g/mol. The second-order valence-electron chi connectivity index (χ2n) is 5.55. The Morgan fingerprint density at radius 3 is 2.76 bits per heavy atom. The first-order valence-electron chi connectivity index (χ1n) is 7.78. The maximum atomic E-state index is 12.2. The first-order valence-corrected chi connectivity index (χ1v) is 8.98. The highest BCUT2D eigenvalue weighted by Gasteiger charge is 2.09. The number of hydrogen-bond acceptors (Lipinski definition) is 4. The van der Waals surface area contributed by atoms with Crippen molar-refractivity contribution in [3.8, 4) is 5.75 Å². The monoisotopic (exact) mass is 372 g/mol. The van der Waals surface area contributed by atoms with Gasteiger partial charge in [-0.15, -0.1) is 11.3 Å². The zero-order chi connectivity index (χ0) is 17.8. The van der Waals surface area contributed by atoms with Crippen LogP contribution in [-0.4, -0.2) is 5.78 Å². The SMILES string of the molecule is Cc1cc(C(=O)/C=C/c2ccc(COc3ccccc3Cl)o2)c(C)s1. The van der Waals surface area contributed by atoms with Crippen LogP contribution >= 0.6 is 22.9 Å². The highest BCUT2D eigenvalue weighted by molar-refractivity contribution is 7.12. The van der Waals surface area contributed by atoms with Crippen LogP contribution in [0.3, 0.4) is 0 Å². The molecule has 2 heterocycles. The molecule has 0 aliphatic carbocycles. The summed E-state index contributed by atoms with van der Waals surface area (Å²) in [5.41, 5.74) is 0.743. The van der Waals surface area contributed by atoms with Gasteiger partial charge < -0.3 is 9.15 Å².